The van der Waals surface area contributed by atoms with Crippen molar-refractivity contribution in [2.75, 3.05) is 44.2 Å². The van der Waals surface area contributed by atoms with Crippen LogP contribution in [0.15, 0.2) is 36.2 Å². The highest BCUT2D eigenvalue weighted by atomic mass is 35.5. The molecule has 0 bridgehead atoms. The molecule has 0 unspecified atom stereocenters. The minimum Gasteiger partial charge on any atom is -0.340 e. The number of benzene rings is 1. The predicted octanol–water partition coefficient (Wildman–Crippen LogP) is 4.44. The molecule has 0 atom stereocenters. The third-order valence-electron chi connectivity index (χ3n) is 5.09. The van der Waals surface area contributed by atoms with E-state index in [-0.39, 0.29) is 24.3 Å². The van der Waals surface area contributed by atoms with E-state index in [1.165, 1.54) is 11.3 Å². The van der Waals surface area contributed by atoms with Crippen LogP contribution in [0.1, 0.15) is 13.8 Å². The van der Waals surface area contributed by atoms with Crippen LogP contribution in [0.2, 0.25) is 10.0 Å². The molecule has 31 heavy (non-hydrogen) atoms. The highest BCUT2D eigenvalue weighted by molar-refractivity contribution is 7.14. The molecule has 0 radical (unpaired) electrons. The Kier molecular flexibility index (Phi) is 8.11. The first-order chi connectivity index (χ1) is 14.8. The number of hydrogen-bond donors (Lipinski definition) is 0. The monoisotopic (exact) mass is 480 g/mol. The van der Waals surface area contributed by atoms with Gasteiger partial charge in [0.15, 0.2) is 5.13 Å². The molecule has 166 valence electrons. The molecule has 3 rings (SSSR count). The fourth-order valence-electron chi connectivity index (χ4n) is 3.36. The van der Waals surface area contributed by atoms with Crippen LogP contribution in [-0.2, 0) is 9.59 Å². The van der Waals surface area contributed by atoms with Crippen LogP contribution in [0.3, 0.4) is 0 Å². The summed E-state index contributed by atoms with van der Waals surface area (Å²) in [7, 11) is 0. The fourth-order valence-corrected chi connectivity index (χ4v) is 4.52. The topological polar surface area (TPSA) is 56.8 Å². The highest BCUT2D eigenvalue weighted by Gasteiger charge is 2.26. The van der Waals surface area contributed by atoms with Crippen molar-refractivity contribution in [2.24, 2.45) is 5.92 Å². The Hall–Kier alpha value is -1.93. The van der Waals surface area contributed by atoms with Crippen molar-refractivity contribution in [1.29, 1.82) is 0 Å². The van der Waals surface area contributed by atoms with Gasteiger partial charge in [-0.2, -0.15) is 0 Å². The summed E-state index contributed by atoms with van der Waals surface area (Å²) >= 11 is 13.5. The van der Waals surface area contributed by atoms with Gasteiger partial charge in [-0.1, -0.05) is 49.2 Å². The normalized spacial score (nSPS) is 14.7. The van der Waals surface area contributed by atoms with E-state index in [0.717, 1.165) is 11.3 Å². The Labute approximate surface area is 197 Å². The third kappa shape index (κ3) is 5.86. The second-order valence-electron chi connectivity index (χ2n) is 7.69. The number of piperazine rings is 1. The number of carbonyl (C=O) groups is 2. The molecule has 1 aliphatic heterocycles. The Balaban J connectivity index is 1.66. The fraction of sp³-hybridized carbons (Fsp3) is 0.409. The van der Waals surface area contributed by atoms with Gasteiger partial charge in [-0.25, -0.2) is 4.98 Å². The Morgan fingerprint density at radius 2 is 1.94 bits per heavy atom. The van der Waals surface area contributed by atoms with Gasteiger partial charge in [-0.3, -0.25) is 19.4 Å². The number of amides is 2. The molecular weight excluding hydrogens is 455 g/mol. The smallest absolute Gasteiger partial charge is 0.243 e. The Morgan fingerprint density at radius 1 is 1.23 bits per heavy atom. The quantitative estimate of drug-likeness (QED) is 0.549. The van der Waals surface area contributed by atoms with Crippen LogP contribution >= 0.6 is 34.5 Å². The molecule has 2 amide bonds. The number of carbonyl (C=O) groups excluding carboxylic acids is 2. The van der Waals surface area contributed by atoms with E-state index < -0.39 is 0 Å². The van der Waals surface area contributed by atoms with Gasteiger partial charge in [-0.05, 0) is 12.1 Å². The van der Waals surface area contributed by atoms with E-state index in [4.69, 9.17) is 23.2 Å². The summed E-state index contributed by atoms with van der Waals surface area (Å²) in [6.07, 6.45) is 1.69. The molecule has 1 aromatic heterocycles. The average Bonchev–Trinajstić information content (AvgIpc) is 3.23. The minimum atomic E-state index is -0.0430. The van der Waals surface area contributed by atoms with Crippen LogP contribution in [-0.4, -0.2) is 65.9 Å². The number of nitrogens with zero attached hydrogens (tertiary/aromatic N) is 4. The van der Waals surface area contributed by atoms with Gasteiger partial charge in [0, 0.05) is 49.6 Å². The number of thiazole rings is 1. The summed E-state index contributed by atoms with van der Waals surface area (Å²) in [5.41, 5.74) is 1.58. The second kappa shape index (κ2) is 10.6. The van der Waals surface area contributed by atoms with Gasteiger partial charge in [0.1, 0.15) is 0 Å². The zero-order chi connectivity index (χ0) is 22.5. The molecule has 9 heteroatoms. The first kappa shape index (κ1) is 23.7. The third-order valence-corrected chi connectivity index (χ3v) is 6.69. The summed E-state index contributed by atoms with van der Waals surface area (Å²) in [4.78, 5) is 35.5. The summed E-state index contributed by atoms with van der Waals surface area (Å²) in [5, 5.41) is 3.45. The maximum Gasteiger partial charge on any atom is 0.243 e. The lowest BCUT2D eigenvalue weighted by Gasteiger charge is -2.35. The molecule has 6 nitrogen and oxygen atoms in total. The van der Waals surface area contributed by atoms with Crippen molar-refractivity contribution in [3.05, 3.63) is 46.3 Å². The SMILES string of the molecule is C=CCN(C(=O)CN1CCN(C(=O)C(C)C)CC1)c1nc(-c2ccc(Cl)c(Cl)c2)cs1. The lowest BCUT2D eigenvalue weighted by molar-refractivity contribution is -0.136. The van der Waals surface area contributed by atoms with Gasteiger partial charge in [0.25, 0.3) is 0 Å². The highest BCUT2D eigenvalue weighted by Crippen LogP contribution is 2.31. The molecule has 0 N–H and O–H groups in total. The van der Waals surface area contributed by atoms with Gasteiger partial charge in [-0.15, -0.1) is 17.9 Å². The van der Waals surface area contributed by atoms with Crippen LogP contribution < -0.4 is 4.90 Å². The summed E-state index contributed by atoms with van der Waals surface area (Å²) in [5.74, 6) is 0.112. The number of anilines is 1. The Bertz CT molecular complexity index is 955. The minimum absolute atomic E-state index is 0.00844. The van der Waals surface area contributed by atoms with Gasteiger partial charge < -0.3 is 4.90 Å². The molecule has 0 aliphatic carbocycles. The van der Waals surface area contributed by atoms with Crippen molar-refractivity contribution in [3.8, 4) is 11.3 Å². The maximum atomic E-state index is 13.1. The van der Waals surface area contributed by atoms with Crippen molar-refractivity contribution >= 4 is 51.5 Å². The number of rotatable bonds is 7. The van der Waals surface area contributed by atoms with E-state index in [0.29, 0.717) is 47.9 Å². The lowest BCUT2D eigenvalue weighted by atomic mass is 10.1. The summed E-state index contributed by atoms with van der Waals surface area (Å²) in [6, 6.07) is 5.35. The van der Waals surface area contributed by atoms with Crippen molar-refractivity contribution in [1.82, 2.24) is 14.8 Å². The summed E-state index contributed by atoms with van der Waals surface area (Å²) < 4.78 is 0. The van der Waals surface area contributed by atoms with E-state index in [9.17, 15) is 9.59 Å². The molecule has 0 saturated carbocycles. The number of hydrogen-bond acceptors (Lipinski definition) is 5. The molecule has 1 saturated heterocycles. The van der Waals surface area contributed by atoms with Gasteiger partial charge in [0.2, 0.25) is 11.8 Å². The van der Waals surface area contributed by atoms with Crippen LogP contribution in [0.5, 0.6) is 0 Å². The van der Waals surface area contributed by atoms with E-state index >= 15 is 0 Å². The predicted molar refractivity (Wildman–Crippen MR) is 128 cm³/mol. The second-order valence-corrected chi connectivity index (χ2v) is 9.34. The van der Waals surface area contributed by atoms with Gasteiger partial charge in [0.05, 0.1) is 22.3 Å². The largest absolute Gasteiger partial charge is 0.340 e. The number of aromatic nitrogens is 1. The van der Waals surface area contributed by atoms with Crippen molar-refractivity contribution in [3.63, 3.8) is 0 Å². The molecule has 0 spiro atoms. The first-order valence-corrected chi connectivity index (χ1v) is 11.8. The Morgan fingerprint density at radius 3 is 2.55 bits per heavy atom. The molecule has 1 aromatic carbocycles. The van der Waals surface area contributed by atoms with Crippen molar-refractivity contribution in [2.45, 2.75) is 13.8 Å². The lowest BCUT2D eigenvalue weighted by Crippen LogP contribution is -2.52. The molecule has 2 aromatic rings. The average molecular weight is 481 g/mol. The van der Waals surface area contributed by atoms with E-state index in [2.05, 4.69) is 16.5 Å². The molecule has 1 aliphatic rings. The standard InChI is InChI=1S/C22H26Cl2N4O2S/c1-4-7-28(20(29)13-26-8-10-27(11-9-26)21(30)15(2)3)22-25-19(14-31-22)16-5-6-17(23)18(24)12-16/h4-6,12,14-15H,1,7-11,13H2,2-3H3. The molecular formula is C22H26Cl2N4O2S. The maximum absolute atomic E-state index is 13.1. The van der Waals surface area contributed by atoms with Crippen LogP contribution in [0.25, 0.3) is 11.3 Å². The summed E-state index contributed by atoms with van der Waals surface area (Å²) in [6.45, 7) is 10.9. The van der Waals surface area contributed by atoms with Gasteiger partial charge >= 0.3 is 0 Å². The van der Waals surface area contributed by atoms with E-state index in [1.807, 2.05) is 30.2 Å². The zero-order valence-corrected chi connectivity index (χ0v) is 20.0. The first-order valence-electron chi connectivity index (χ1n) is 10.1. The van der Waals surface area contributed by atoms with Crippen LogP contribution in [0.4, 0.5) is 5.13 Å². The zero-order valence-electron chi connectivity index (χ0n) is 17.7. The number of halogens is 2. The van der Waals surface area contributed by atoms with E-state index in [1.54, 1.807) is 23.1 Å². The molecule has 2 heterocycles. The molecule has 1 fully saturated rings. The van der Waals surface area contributed by atoms with Crippen molar-refractivity contribution < 1.29 is 9.59 Å². The van der Waals surface area contributed by atoms with Crippen LogP contribution in [0, 0.1) is 5.92 Å².